The molecule has 2 aromatic rings. The highest BCUT2D eigenvalue weighted by Crippen LogP contribution is 2.29. The van der Waals surface area contributed by atoms with Crippen LogP contribution in [-0.4, -0.2) is 39.5 Å². The zero-order valence-electron chi connectivity index (χ0n) is 12.9. The number of aliphatic hydroxyl groups is 1. The third-order valence-electron chi connectivity index (χ3n) is 3.46. The number of hydrogen-bond acceptors (Lipinski definition) is 4. The van der Waals surface area contributed by atoms with Crippen LogP contribution in [0.3, 0.4) is 0 Å². The smallest absolute Gasteiger partial charge is 0.0982 e. The van der Waals surface area contributed by atoms with Gasteiger partial charge in [-0.25, -0.2) is 0 Å². The van der Waals surface area contributed by atoms with Crippen molar-refractivity contribution in [2.24, 2.45) is 7.05 Å². The Morgan fingerprint density at radius 3 is 2.86 bits per heavy atom. The van der Waals surface area contributed by atoms with E-state index < -0.39 is 0 Å². The van der Waals surface area contributed by atoms with E-state index in [1.165, 1.54) is 0 Å². The molecule has 2 rings (SSSR count). The maximum absolute atomic E-state index is 9.15. The van der Waals surface area contributed by atoms with Gasteiger partial charge >= 0.3 is 0 Å². The molecule has 1 aromatic heterocycles. The zero-order valence-corrected chi connectivity index (χ0v) is 14.5. The van der Waals surface area contributed by atoms with Crippen molar-refractivity contribution in [2.75, 3.05) is 18.6 Å². The molecular weight excluding hydrogens is 318 g/mol. The molecule has 2 N–H and O–H groups in total. The summed E-state index contributed by atoms with van der Waals surface area (Å²) in [6.07, 6.45) is 4.84. The highest BCUT2D eigenvalue weighted by Gasteiger charge is 2.14. The number of nitrogens with zero attached hydrogens (tertiary/aromatic N) is 2. The molecule has 120 valence electrons. The van der Waals surface area contributed by atoms with Gasteiger partial charge in [-0.05, 0) is 18.7 Å². The summed E-state index contributed by atoms with van der Waals surface area (Å²) in [5.41, 5.74) is 2.97. The predicted molar refractivity (Wildman–Crippen MR) is 94.4 cm³/mol. The summed E-state index contributed by atoms with van der Waals surface area (Å²) in [7, 11) is 1.91. The first-order valence-electron chi connectivity index (χ1n) is 7.26. The number of thioether (sulfide) groups is 1. The van der Waals surface area contributed by atoms with Gasteiger partial charge in [0.25, 0.3) is 0 Å². The highest BCUT2D eigenvalue weighted by molar-refractivity contribution is 7.98. The fourth-order valence-corrected chi connectivity index (χ4v) is 3.31. The first-order chi connectivity index (χ1) is 10.7. The number of aromatic nitrogens is 2. The second-order valence-corrected chi connectivity index (χ2v) is 6.52. The van der Waals surface area contributed by atoms with Crippen molar-refractivity contribution in [1.29, 1.82) is 0 Å². The molecule has 0 amide bonds. The molecule has 0 bridgehead atoms. The molecule has 0 saturated heterocycles. The molecule has 0 aliphatic carbocycles. The van der Waals surface area contributed by atoms with Gasteiger partial charge in [0.2, 0.25) is 0 Å². The van der Waals surface area contributed by atoms with E-state index in [0.717, 1.165) is 29.0 Å². The third kappa shape index (κ3) is 4.49. The van der Waals surface area contributed by atoms with Crippen LogP contribution in [0, 0.1) is 0 Å². The van der Waals surface area contributed by atoms with Crippen LogP contribution in [0.5, 0.6) is 0 Å². The van der Waals surface area contributed by atoms with Gasteiger partial charge in [0.1, 0.15) is 0 Å². The zero-order chi connectivity index (χ0) is 15.9. The maximum Gasteiger partial charge on any atom is 0.0982 e. The number of nitrogens with one attached hydrogen (secondary N) is 1. The monoisotopic (exact) mass is 339 g/mol. The largest absolute Gasteiger partial charge is 0.396 e. The normalized spacial score (nSPS) is 12.5. The summed E-state index contributed by atoms with van der Waals surface area (Å²) in [5, 5.41) is 17.9. The summed E-state index contributed by atoms with van der Waals surface area (Å²) in [5.74, 6) is 0.974. The molecular formula is C16H22ClN3OS. The summed E-state index contributed by atoms with van der Waals surface area (Å²) in [6.45, 7) is 0.905. The maximum atomic E-state index is 9.15. The van der Waals surface area contributed by atoms with E-state index in [2.05, 4.69) is 16.7 Å². The van der Waals surface area contributed by atoms with E-state index in [0.29, 0.717) is 17.6 Å². The van der Waals surface area contributed by atoms with Crippen LogP contribution in [-0.2, 0) is 13.6 Å². The van der Waals surface area contributed by atoms with E-state index >= 15 is 0 Å². The second kappa shape index (κ2) is 8.58. The lowest BCUT2D eigenvalue weighted by Gasteiger charge is -2.16. The van der Waals surface area contributed by atoms with Crippen LogP contribution in [0.4, 0.5) is 0 Å². The Hall–Kier alpha value is -1.01. The van der Waals surface area contributed by atoms with Gasteiger partial charge in [-0.15, -0.1) is 0 Å². The molecule has 0 spiro atoms. The SMILES string of the molecule is CSCC(CCO)NCc1cn(C)nc1-c1ccccc1Cl. The summed E-state index contributed by atoms with van der Waals surface area (Å²) in [6, 6.07) is 8.05. The van der Waals surface area contributed by atoms with Crippen molar-refractivity contribution in [3.05, 3.63) is 41.0 Å². The minimum absolute atomic E-state index is 0.197. The average Bonchev–Trinajstić information content (AvgIpc) is 2.86. The van der Waals surface area contributed by atoms with Gasteiger partial charge in [0, 0.05) is 49.3 Å². The van der Waals surface area contributed by atoms with E-state index in [-0.39, 0.29) is 6.61 Å². The van der Waals surface area contributed by atoms with Crippen LogP contribution < -0.4 is 5.32 Å². The topological polar surface area (TPSA) is 50.1 Å². The molecule has 0 fully saturated rings. The molecule has 0 aliphatic rings. The van der Waals surface area contributed by atoms with E-state index in [9.17, 15) is 0 Å². The fraction of sp³-hybridized carbons (Fsp3) is 0.438. The van der Waals surface area contributed by atoms with Crippen molar-refractivity contribution in [2.45, 2.75) is 19.0 Å². The minimum Gasteiger partial charge on any atom is -0.396 e. The number of rotatable bonds is 8. The van der Waals surface area contributed by atoms with Crippen molar-refractivity contribution >= 4 is 23.4 Å². The Balaban J connectivity index is 2.17. The van der Waals surface area contributed by atoms with Crippen molar-refractivity contribution in [1.82, 2.24) is 15.1 Å². The van der Waals surface area contributed by atoms with E-state index in [1.807, 2.05) is 42.2 Å². The molecule has 0 saturated carbocycles. The Kier molecular flexibility index (Phi) is 6.76. The third-order valence-corrected chi connectivity index (χ3v) is 4.53. The Labute approximate surface area is 140 Å². The van der Waals surface area contributed by atoms with Gasteiger partial charge in [0.05, 0.1) is 10.7 Å². The van der Waals surface area contributed by atoms with Crippen molar-refractivity contribution < 1.29 is 5.11 Å². The second-order valence-electron chi connectivity index (χ2n) is 5.20. The molecule has 1 heterocycles. The molecule has 6 heteroatoms. The minimum atomic E-state index is 0.197. The van der Waals surface area contributed by atoms with Crippen LogP contribution in [0.1, 0.15) is 12.0 Å². The molecule has 22 heavy (non-hydrogen) atoms. The number of benzene rings is 1. The molecule has 1 aromatic carbocycles. The summed E-state index contributed by atoms with van der Waals surface area (Å²) < 4.78 is 1.81. The molecule has 0 aliphatic heterocycles. The number of aryl methyl sites for hydroxylation is 1. The first-order valence-corrected chi connectivity index (χ1v) is 9.03. The number of hydrogen-bond donors (Lipinski definition) is 2. The van der Waals surface area contributed by atoms with Gasteiger partial charge < -0.3 is 10.4 Å². The van der Waals surface area contributed by atoms with E-state index in [1.54, 1.807) is 11.8 Å². The van der Waals surface area contributed by atoms with Crippen LogP contribution in [0.25, 0.3) is 11.3 Å². The quantitative estimate of drug-likeness (QED) is 0.776. The van der Waals surface area contributed by atoms with E-state index in [4.69, 9.17) is 16.7 Å². The lowest BCUT2D eigenvalue weighted by molar-refractivity contribution is 0.270. The van der Waals surface area contributed by atoms with Crippen molar-refractivity contribution in [3.63, 3.8) is 0 Å². The number of aliphatic hydroxyl groups excluding tert-OH is 1. The lowest BCUT2D eigenvalue weighted by Crippen LogP contribution is -2.31. The predicted octanol–water partition coefficient (Wildman–Crippen LogP) is 2.94. The Bertz CT molecular complexity index is 597. The van der Waals surface area contributed by atoms with Crippen molar-refractivity contribution in [3.8, 4) is 11.3 Å². The number of halogens is 1. The molecule has 0 radical (unpaired) electrons. The van der Waals surface area contributed by atoms with Crippen LogP contribution >= 0.6 is 23.4 Å². The Morgan fingerprint density at radius 1 is 1.41 bits per heavy atom. The summed E-state index contributed by atoms with van der Waals surface area (Å²) in [4.78, 5) is 0. The Morgan fingerprint density at radius 2 is 2.18 bits per heavy atom. The molecule has 4 nitrogen and oxygen atoms in total. The fourth-order valence-electron chi connectivity index (χ4n) is 2.40. The molecule has 1 unspecified atom stereocenters. The highest BCUT2D eigenvalue weighted by atomic mass is 35.5. The van der Waals surface area contributed by atoms with Gasteiger partial charge in [-0.1, -0.05) is 29.8 Å². The van der Waals surface area contributed by atoms with Gasteiger partial charge in [0.15, 0.2) is 0 Å². The van der Waals surface area contributed by atoms with Gasteiger partial charge in [-0.2, -0.15) is 16.9 Å². The van der Waals surface area contributed by atoms with Gasteiger partial charge in [-0.3, -0.25) is 4.68 Å². The summed E-state index contributed by atoms with van der Waals surface area (Å²) >= 11 is 8.07. The molecule has 1 atom stereocenters. The van der Waals surface area contributed by atoms with Crippen LogP contribution in [0.15, 0.2) is 30.5 Å². The average molecular weight is 340 g/mol. The lowest BCUT2D eigenvalue weighted by atomic mass is 10.1. The first kappa shape index (κ1) is 17.3. The van der Waals surface area contributed by atoms with Crippen LogP contribution in [0.2, 0.25) is 5.02 Å². The standard InChI is InChI=1S/C16H22ClN3OS/c1-20-10-12(9-18-13(7-8-21)11-22-2)16(19-20)14-5-3-4-6-15(14)17/h3-6,10,13,18,21H,7-9,11H2,1-2H3.